The van der Waals surface area contributed by atoms with Gasteiger partial charge in [0.25, 0.3) is 0 Å². The van der Waals surface area contributed by atoms with E-state index in [4.69, 9.17) is 16.3 Å². The van der Waals surface area contributed by atoms with Crippen LogP contribution in [-0.2, 0) is 0 Å². The summed E-state index contributed by atoms with van der Waals surface area (Å²) in [7, 11) is 1.75. The number of aryl methyl sites for hydroxylation is 1. The molecule has 0 spiro atoms. The molecule has 4 rings (SSSR count). The minimum absolute atomic E-state index is 0.454. The molecule has 0 radical (unpaired) electrons. The summed E-state index contributed by atoms with van der Waals surface area (Å²) in [5.41, 5.74) is 3.89. The van der Waals surface area contributed by atoms with Gasteiger partial charge in [0, 0.05) is 25.0 Å². The number of fused-ring (bicyclic) bond motifs is 1. The molecule has 9 heteroatoms. The van der Waals surface area contributed by atoms with E-state index in [2.05, 4.69) is 35.6 Å². The van der Waals surface area contributed by atoms with Gasteiger partial charge in [0.2, 0.25) is 5.95 Å². The third-order valence-electron chi connectivity index (χ3n) is 4.47. The Bertz CT molecular complexity index is 1280. The van der Waals surface area contributed by atoms with Crippen LogP contribution in [0.5, 0.6) is 11.5 Å². The van der Waals surface area contributed by atoms with Crippen molar-refractivity contribution in [1.82, 2.24) is 19.9 Å². The summed E-state index contributed by atoms with van der Waals surface area (Å²) in [5, 5.41) is 6.60. The number of hydrogen-bond acceptors (Lipinski definition) is 8. The van der Waals surface area contributed by atoms with Gasteiger partial charge in [-0.1, -0.05) is 17.7 Å². The predicted molar refractivity (Wildman–Crippen MR) is 124 cm³/mol. The van der Waals surface area contributed by atoms with Crippen molar-refractivity contribution < 1.29 is 4.74 Å². The maximum absolute atomic E-state index is 6.48. The van der Waals surface area contributed by atoms with Crippen LogP contribution >= 0.6 is 11.6 Å². The van der Waals surface area contributed by atoms with E-state index in [0.29, 0.717) is 39.3 Å². The summed E-state index contributed by atoms with van der Waals surface area (Å²) < 4.78 is 5.97. The Morgan fingerprint density at radius 2 is 1.97 bits per heavy atom. The minimum atomic E-state index is 0.454. The monoisotopic (exact) mass is 433 g/mol. The Morgan fingerprint density at radius 3 is 2.74 bits per heavy atom. The van der Waals surface area contributed by atoms with Crippen molar-refractivity contribution in [1.29, 1.82) is 0 Å². The first-order valence-corrected chi connectivity index (χ1v) is 9.94. The van der Waals surface area contributed by atoms with Crippen LogP contribution in [0.1, 0.15) is 12.5 Å². The summed E-state index contributed by atoms with van der Waals surface area (Å²) in [6, 6.07) is 11.1. The van der Waals surface area contributed by atoms with Crippen molar-refractivity contribution in [2.75, 3.05) is 17.7 Å². The van der Waals surface area contributed by atoms with Crippen LogP contribution in [0.25, 0.3) is 11.0 Å². The maximum atomic E-state index is 6.48. The number of benzene rings is 2. The summed E-state index contributed by atoms with van der Waals surface area (Å²) in [6.45, 7) is 3.88. The van der Waals surface area contributed by atoms with Crippen LogP contribution in [0.4, 0.5) is 23.1 Å². The number of ether oxygens (including phenoxy) is 1. The molecule has 0 aliphatic heterocycles. The van der Waals surface area contributed by atoms with Gasteiger partial charge in [-0.15, -0.1) is 0 Å². The van der Waals surface area contributed by atoms with E-state index in [1.54, 1.807) is 31.6 Å². The number of anilines is 3. The Balaban J connectivity index is 1.59. The second kappa shape index (κ2) is 8.93. The second-order valence-electron chi connectivity index (χ2n) is 6.61. The van der Waals surface area contributed by atoms with Gasteiger partial charge in [0.1, 0.15) is 28.9 Å². The van der Waals surface area contributed by atoms with Crippen LogP contribution in [0.3, 0.4) is 0 Å². The molecule has 0 aliphatic rings. The molecule has 156 valence electrons. The van der Waals surface area contributed by atoms with Gasteiger partial charge in [0.05, 0.1) is 16.9 Å². The zero-order valence-corrected chi connectivity index (χ0v) is 18.0. The lowest BCUT2D eigenvalue weighted by atomic mass is 10.2. The van der Waals surface area contributed by atoms with E-state index < -0.39 is 0 Å². The lowest BCUT2D eigenvalue weighted by Gasteiger charge is -2.12. The molecule has 2 aromatic heterocycles. The van der Waals surface area contributed by atoms with Gasteiger partial charge in [-0.3, -0.25) is 4.99 Å². The summed E-state index contributed by atoms with van der Waals surface area (Å²) in [5.74, 6) is 2.23. The van der Waals surface area contributed by atoms with E-state index in [1.165, 1.54) is 6.33 Å². The molecule has 2 aromatic carbocycles. The highest BCUT2D eigenvalue weighted by Gasteiger charge is 2.10. The summed E-state index contributed by atoms with van der Waals surface area (Å²) in [4.78, 5) is 21.5. The molecule has 4 aromatic rings. The van der Waals surface area contributed by atoms with Crippen molar-refractivity contribution in [3.8, 4) is 11.5 Å². The fraction of sp³-hybridized carbons (Fsp3) is 0.136. The first-order chi connectivity index (χ1) is 15.1. The summed E-state index contributed by atoms with van der Waals surface area (Å²) >= 11 is 6.48. The molecule has 0 aliphatic carbocycles. The fourth-order valence-electron chi connectivity index (χ4n) is 2.92. The molecular formula is C22H20ClN7O. The van der Waals surface area contributed by atoms with Crippen LogP contribution in [0.2, 0.25) is 5.02 Å². The molecule has 2 N–H and O–H groups in total. The number of aliphatic imine (C=N–C) groups is 1. The standard InChI is InChI=1S/C22H20ClN7O/c1-4-25-17-10-15(7-5-13(17)2)31-19-8-6-14(9-16(19)23)29-21-20-18(27-12-28-21)11-26-22(24-3)30-20/h4-12H,1-3H3,(H,24,26,30)(H,27,28,29). The van der Waals surface area contributed by atoms with Crippen molar-refractivity contribution in [2.24, 2.45) is 4.99 Å². The number of aromatic nitrogens is 4. The van der Waals surface area contributed by atoms with Gasteiger partial charge in [0.15, 0.2) is 5.82 Å². The fourth-order valence-corrected chi connectivity index (χ4v) is 3.14. The minimum Gasteiger partial charge on any atom is -0.456 e. The number of rotatable bonds is 6. The van der Waals surface area contributed by atoms with Crippen molar-refractivity contribution in [3.05, 3.63) is 59.5 Å². The Morgan fingerprint density at radius 1 is 1.10 bits per heavy atom. The van der Waals surface area contributed by atoms with Crippen molar-refractivity contribution in [3.63, 3.8) is 0 Å². The number of nitrogens with one attached hydrogen (secondary N) is 2. The van der Waals surface area contributed by atoms with E-state index in [9.17, 15) is 0 Å². The van der Waals surface area contributed by atoms with E-state index >= 15 is 0 Å². The van der Waals surface area contributed by atoms with E-state index in [1.807, 2.05) is 38.1 Å². The lowest BCUT2D eigenvalue weighted by molar-refractivity contribution is 0.483. The zero-order valence-electron chi connectivity index (χ0n) is 17.2. The highest BCUT2D eigenvalue weighted by atomic mass is 35.5. The second-order valence-corrected chi connectivity index (χ2v) is 7.01. The molecule has 0 atom stereocenters. The highest BCUT2D eigenvalue weighted by Crippen LogP contribution is 2.34. The topological polar surface area (TPSA) is 97.2 Å². The smallest absolute Gasteiger partial charge is 0.223 e. The third kappa shape index (κ3) is 4.54. The Kier molecular flexibility index (Phi) is 5.90. The zero-order chi connectivity index (χ0) is 21.8. The molecule has 0 saturated carbocycles. The molecule has 0 amide bonds. The molecule has 8 nitrogen and oxygen atoms in total. The van der Waals surface area contributed by atoms with Gasteiger partial charge < -0.3 is 15.4 Å². The molecular weight excluding hydrogens is 414 g/mol. The first-order valence-electron chi connectivity index (χ1n) is 9.56. The molecule has 31 heavy (non-hydrogen) atoms. The Hall–Kier alpha value is -3.78. The van der Waals surface area contributed by atoms with Crippen LogP contribution in [-0.4, -0.2) is 33.2 Å². The largest absolute Gasteiger partial charge is 0.456 e. The van der Waals surface area contributed by atoms with Crippen LogP contribution < -0.4 is 15.4 Å². The van der Waals surface area contributed by atoms with Gasteiger partial charge in [-0.2, -0.15) is 0 Å². The molecule has 2 heterocycles. The Labute approximate surface area is 184 Å². The van der Waals surface area contributed by atoms with Crippen LogP contribution in [0, 0.1) is 6.92 Å². The molecule has 0 fully saturated rings. The van der Waals surface area contributed by atoms with Crippen molar-refractivity contribution in [2.45, 2.75) is 13.8 Å². The normalized spacial score (nSPS) is 11.1. The maximum Gasteiger partial charge on any atom is 0.223 e. The molecule has 0 unspecified atom stereocenters. The highest BCUT2D eigenvalue weighted by molar-refractivity contribution is 6.32. The van der Waals surface area contributed by atoms with Gasteiger partial charge >= 0.3 is 0 Å². The number of hydrogen-bond donors (Lipinski definition) is 2. The number of halogens is 1. The van der Waals surface area contributed by atoms with E-state index in [-0.39, 0.29) is 0 Å². The third-order valence-corrected chi connectivity index (χ3v) is 4.77. The van der Waals surface area contributed by atoms with Gasteiger partial charge in [-0.25, -0.2) is 19.9 Å². The average Bonchev–Trinajstić information content (AvgIpc) is 2.78. The first kappa shape index (κ1) is 20.5. The van der Waals surface area contributed by atoms with Gasteiger partial charge in [-0.05, 0) is 43.7 Å². The average molecular weight is 434 g/mol. The number of nitrogens with zero attached hydrogens (tertiary/aromatic N) is 5. The SMILES string of the molecule is CC=Nc1cc(Oc2ccc(Nc3ncnc4cnc(NC)nc34)cc2Cl)ccc1C. The quantitative estimate of drug-likeness (QED) is 0.377. The summed E-state index contributed by atoms with van der Waals surface area (Å²) in [6.07, 6.45) is 4.85. The van der Waals surface area contributed by atoms with Crippen molar-refractivity contribution >= 4 is 52.0 Å². The van der Waals surface area contributed by atoms with Crippen LogP contribution in [0.15, 0.2) is 53.9 Å². The predicted octanol–water partition coefficient (Wildman–Crippen LogP) is 5.68. The molecule has 0 saturated heterocycles. The lowest BCUT2D eigenvalue weighted by Crippen LogP contribution is -2.01. The van der Waals surface area contributed by atoms with E-state index in [0.717, 1.165) is 16.9 Å². The molecule has 0 bridgehead atoms.